The lowest BCUT2D eigenvalue weighted by molar-refractivity contribution is 0.0488. The molecular weight excluding hydrogens is 238 g/mol. The fourth-order valence-electron chi connectivity index (χ4n) is 3.43. The molecule has 2 heterocycles. The molecule has 3 heteroatoms. The Morgan fingerprint density at radius 1 is 1.26 bits per heavy atom. The van der Waals surface area contributed by atoms with Gasteiger partial charge in [-0.3, -0.25) is 0 Å². The first-order valence-electron chi connectivity index (χ1n) is 7.43. The Labute approximate surface area is 115 Å². The third-order valence-corrected chi connectivity index (χ3v) is 4.38. The van der Waals surface area contributed by atoms with Crippen LogP contribution in [0.25, 0.3) is 0 Å². The maximum Gasteiger partial charge on any atom is 0.122 e. The van der Waals surface area contributed by atoms with Gasteiger partial charge in [-0.25, -0.2) is 0 Å². The second kappa shape index (κ2) is 5.93. The van der Waals surface area contributed by atoms with Gasteiger partial charge >= 0.3 is 0 Å². The van der Waals surface area contributed by atoms with E-state index in [2.05, 4.69) is 36.5 Å². The van der Waals surface area contributed by atoms with E-state index in [9.17, 15) is 0 Å². The van der Waals surface area contributed by atoms with Gasteiger partial charge in [0.1, 0.15) is 5.75 Å². The van der Waals surface area contributed by atoms with Crippen molar-refractivity contribution in [3.8, 4) is 5.75 Å². The van der Waals surface area contributed by atoms with E-state index in [-0.39, 0.29) is 0 Å². The van der Waals surface area contributed by atoms with Crippen LogP contribution in [0.4, 0.5) is 0 Å². The summed E-state index contributed by atoms with van der Waals surface area (Å²) >= 11 is 0. The minimum atomic E-state index is 0.485. The van der Waals surface area contributed by atoms with Crippen LogP contribution in [0.5, 0.6) is 5.75 Å². The normalized spacial score (nSPS) is 24.8. The van der Waals surface area contributed by atoms with Gasteiger partial charge in [0.2, 0.25) is 0 Å². The summed E-state index contributed by atoms with van der Waals surface area (Å²) in [7, 11) is 0. The Hall–Kier alpha value is -1.06. The van der Waals surface area contributed by atoms with Crippen LogP contribution in [-0.2, 0) is 4.74 Å². The molecule has 104 valence electrons. The van der Waals surface area contributed by atoms with E-state index in [0.717, 1.165) is 45.0 Å². The van der Waals surface area contributed by atoms with E-state index in [1.807, 2.05) is 0 Å². The summed E-state index contributed by atoms with van der Waals surface area (Å²) in [5.41, 5.74) is 1.37. The lowest BCUT2D eigenvalue weighted by Gasteiger charge is -2.34. The van der Waals surface area contributed by atoms with Gasteiger partial charge in [0.15, 0.2) is 0 Å². The van der Waals surface area contributed by atoms with E-state index < -0.39 is 0 Å². The molecule has 1 saturated heterocycles. The number of nitrogens with one attached hydrogen (secondary N) is 1. The molecule has 1 aromatic carbocycles. The minimum Gasteiger partial charge on any atom is -0.493 e. The van der Waals surface area contributed by atoms with Crippen molar-refractivity contribution in [1.29, 1.82) is 0 Å². The molecule has 0 radical (unpaired) electrons. The summed E-state index contributed by atoms with van der Waals surface area (Å²) in [4.78, 5) is 0. The number of hydrogen-bond donors (Lipinski definition) is 1. The summed E-state index contributed by atoms with van der Waals surface area (Å²) < 4.78 is 11.4. The highest BCUT2D eigenvalue weighted by Gasteiger charge is 2.36. The zero-order valence-corrected chi connectivity index (χ0v) is 11.6. The van der Waals surface area contributed by atoms with Gasteiger partial charge in [-0.1, -0.05) is 25.1 Å². The van der Waals surface area contributed by atoms with Gasteiger partial charge in [0, 0.05) is 30.7 Å². The third kappa shape index (κ3) is 2.63. The number of likely N-dealkylation sites (N-methyl/N-ethyl adjacent to an activating group) is 1. The Bertz CT molecular complexity index is 415. The number of para-hydroxylation sites is 1. The van der Waals surface area contributed by atoms with Gasteiger partial charge in [-0.05, 0) is 31.4 Å². The molecule has 0 aliphatic carbocycles. The highest BCUT2D eigenvalue weighted by molar-refractivity contribution is 5.40. The Balaban J connectivity index is 1.80. The van der Waals surface area contributed by atoms with Crippen LogP contribution in [0.15, 0.2) is 24.3 Å². The molecule has 0 spiro atoms. The predicted octanol–water partition coefficient (Wildman–Crippen LogP) is 2.57. The predicted molar refractivity (Wildman–Crippen MR) is 75.7 cm³/mol. The molecule has 3 rings (SSSR count). The molecule has 2 unspecified atom stereocenters. The Kier molecular flexibility index (Phi) is 4.04. The summed E-state index contributed by atoms with van der Waals surface area (Å²) in [6.07, 6.45) is 2.33. The van der Waals surface area contributed by atoms with Crippen LogP contribution in [-0.4, -0.2) is 32.4 Å². The zero-order chi connectivity index (χ0) is 13.1. The van der Waals surface area contributed by atoms with Crippen LogP contribution >= 0.6 is 0 Å². The van der Waals surface area contributed by atoms with E-state index in [1.165, 1.54) is 5.56 Å². The quantitative estimate of drug-likeness (QED) is 0.903. The molecule has 0 amide bonds. The monoisotopic (exact) mass is 261 g/mol. The molecule has 0 bridgehead atoms. The van der Waals surface area contributed by atoms with Gasteiger partial charge < -0.3 is 14.8 Å². The molecule has 3 nitrogen and oxygen atoms in total. The van der Waals surface area contributed by atoms with Crippen molar-refractivity contribution in [2.24, 2.45) is 5.92 Å². The van der Waals surface area contributed by atoms with Crippen LogP contribution in [0.2, 0.25) is 0 Å². The standard InChI is InChI=1S/C16H23NO2/c1-2-17-16(12-7-9-18-10-8-12)14-11-19-15-6-4-3-5-13(14)15/h3-6,12,14,16-17H,2,7-11H2,1H3. The average molecular weight is 261 g/mol. The zero-order valence-electron chi connectivity index (χ0n) is 11.6. The van der Waals surface area contributed by atoms with Crippen molar-refractivity contribution in [1.82, 2.24) is 5.32 Å². The van der Waals surface area contributed by atoms with Crippen molar-refractivity contribution in [2.45, 2.75) is 31.7 Å². The molecule has 1 fully saturated rings. The molecule has 2 aliphatic heterocycles. The van der Waals surface area contributed by atoms with Crippen molar-refractivity contribution in [3.05, 3.63) is 29.8 Å². The summed E-state index contributed by atoms with van der Waals surface area (Å²) in [5.74, 6) is 2.26. The van der Waals surface area contributed by atoms with Crippen LogP contribution in [0, 0.1) is 5.92 Å². The van der Waals surface area contributed by atoms with Gasteiger partial charge in [-0.2, -0.15) is 0 Å². The molecular formula is C16H23NO2. The molecule has 1 aromatic rings. The lowest BCUT2D eigenvalue weighted by Crippen LogP contribution is -2.43. The first-order valence-corrected chi connectivity index (χ1v) is 7.43. The Morgan fingerprint density at radius 2 is 2.05 bits per heavy atom. The minimum absolute atomic E-state index is 0.485. The van der Waals surface area contributed by atoms with Gasteiger partial charge in [-0.15, -0.1) is 0 Å². The number of fused-ring (bicyclic) bond motifs is 1. The van der Waals surface area contributed by atoms with Crippen molar-refractivity contribution < 1.29 is 9.47 Å². The fraction of sp³-hybridized carbons (Fsp3) is 0.625. The number of rotatable bonds is 4. The van der Waals surface area contributed by atoms with E-state index >= 15 is 0 Å². The smallest absolute Gasteiger partial charge is 0.122 e. The van der Waals surface area contributed by atoms with E-state index in [0.29, 0.717) is 17.9 Å². The van der Waals surface area contributed by atoms with Crippen LogP contribution < -0.4 is 10.1 Å². The van der Waals surface area contributed by atoms with Crippen LogP contribution in [0.3, 0.4) is 0 Å². The first-order chi connectivity index (χ1) is 9.40. The molecule has 1 N–H and O–H groups in total. The molecule has 2 atom stereocenters. The second-order valence-electron chi connectivity index (χ2n) is 5.49. The topological polar surface area (TPSA) is 30.5 Å². The fourth-order valence-corrected chi connectivity index (χ4v) is 3.43. The molecule has 0 saturated carbocycles. The third-order valence-electron chi connectivity index (χ3n) is 4.38. The summed E-state index contributed by atoms with van der Waals surface area (Å²) in [5, 5.41) is 3.70. The first kappa shape index (κ1) is 12.9. The van der Waals surface area contributed by atoms with Crippen molar-refractivity contribution in [2.75, 3.05) is 26.4 Å². The highest BCUT2D eigenvalue weighted by atomic mass is 16.5. The average Bonchev–Trinajstić information content (AvgIpc) is 2.89. The summed E-state index contributed by atoms with van der Waals surface area (Å²) in [6.45, 7) is 5.83. The molecule has 19 heavy (non-hydrogen) atoms. The van der Waals surface area contributed by atoms with Crippen molar-refractivity contribution in [3.63, 3.8) is 0 Å². The number of ether oxygens (including phenoxy) is 2. The maximum absolute atomic E-state index is 5.86. The highest BCUT2D eigenvalue weighted by Crippen LogP contribution is 2.39. The molecule has 0 aromatic heterocycles. The lowest BCUT2D eigenvalue weighted by atomic mass is 9.81. The van der Waals surface area contributed by atoms with E-state index in [1.54, 1.807) is 0 Å². The SMILES string of the molecule is CCNC(C1CCOCC1)C1COc2ccccc21. The van der Waals surface area contributed by atoms with Gasteiger partial charge in [0.25, 0.3) is 0 Å². The maximum atomic E-state index is 5.86. The van der Waals surface area contributed by atoms with Crippen LogP contribution in [0.1, 0.15) is 31.2 Å². The second-order valence-corrected chi connectivity index (χ2v) is 5.49. The molecule has 2 aliphatic rings. The number of hydrogen-bond acceptors (Lipinski definition) is 3. The van der Waals surface area contributed by atoms with Gasteiger partial charge in [0.05, 0.1) is 6.61 Å². The Morgan fingerprint density at radius 3 is 2.84 bits per heavy atom. The largest absolute Gasteiger partial charge is 0.493 e. The number of benzene rings is 1. The van der Waals surface area contributed by atoms with E-state index in [4.69, 9.17) is 9.47 Å². The van der Waals surface area contributed by atoms with Crippen molar-refractivity contribution >= 4 is 0 Å². The summed E-state index contributed by atoms with van der Waals surface area (Å²) in [6, 6.07) is 8.99.